The molecule has 2 heterocycles. The van der Waals surface area contributed by atoms with Gasteiger partial charge in [-0.2, -0.15) is 16.4 Å². The van der Waals surface area contributed by atoms with Gasteiger partial charge in [-0.15, -0.1) is 0 Å². The lowest BCUT2D eigenvalue weighted by atomic mass is 10.1. The van der Waals surface area contributed by atoms with E-state index in [0.717, 1.165) is 18.5 Å². The molecule has 0 radical (unpaired) electrons. The van der Waals surface area contributed by atoms with Crippen LogP contribution in [0, 0.1) is 0 Å². The van der Waals surface area contributed by atoms with Crippen LogP contribution in [0.3, 0.4) is 0 Å². The van der Waals surface area contributed by atoms with E-state index in [4.69, 9.17) is 5.73 Å². The van der Waals surface area contributed by atoms with Gasteiger partial charge in [0, 0.05) is 24.7 Å². The van der Waals surface area contributed by atoms with Gasteiger partial charge in [-0.1, -0.05) is 0 Å². The van der Waals surface area contributed by atoms with Crippen molar-refractivity contribution in [3.05, 3.63) is 40.3 Å². The summed E-state index contributed by atoms with van der Waals surface area (Å²) in [5.74, 6) is 0. The maximum absolute atomic E-state index is 6.14. The van der Waals surface area contributed by atoms with Crippen LogP contribution in [-0.2, 0) is 12.8 Å². The fourth-order valence-electron chi connectivity index (χ4n) is 1.83. The van der Waals surface area contributed by atoms with E-state index in [1.54, 1.807) is 11.3 Å². The van der Waals surface area contributed by atoms with Crippen molar-refractivity contribution in [1.82, 2.24) is 9.78 Å². The SMILES string of the molecule is CC(C)n1ccc(CC(N)Cc2ccsc2)n1. The molecule has 1 atom stereocenters. The molecule has 0 aromatic carbocycles. The van der Waals surface area contributed by atoms with Gasteiger partial charge >= 0.3 is 0 Å². The second-order valence-corrected chi connectivity index (χ2v) is 5.46. The Labute approximate surface area is 106 Å². The molecule has 2 aromatic rings. The van der Waals surface area contributed by atoms with Crippen molar-refractivity contribution in [2.24, 2.45) is 5.73 Å². The molecule has 0 spiro atoms. The molecule has 2 N–H and O–H groups in total. The Morgan fingerprint density at radius 3 is 2.76 bits per heavy atom. The Hall–Kier alpha value is -1.13. The summed E-state index contributed by atoms with van der Waals surface area (Å²) in [6.07, 6.45) is 3.80. The van der Waals surface area contributed by atoms with E-state index in [-0.39, 0.29) is 6.04 Å². The third kappa shape index (κ3) is 3.41. The zero-order valence-electron chi connectivity index (χ0n) is 10.3. The molecule has 2 rings (SSSR count). The van der Waals surface area contributed by atoms with Crippen LogP contribution in [0.4, 0.5) is 0 Å². The molecule has 0 fully saturated rings. The molecular formula is C13H19N3S. The first-order chi connectivity index (χ1) is 8.15. The average Bonchev–Trinajstić information content (AvgIpc) is 2.88. The minimum atomic E-state index is 0.153. The highest BCUT2D eigenvalue weighted by molar-refractivity contribution is 7.07. The van der Waals surface area contributed by atoms with Gasteiger partial charge in [-0.25, -0.2) is 0 Å². The number of thiophene rings is 1. The lowest BCUT2D eigenvalue weighted by Crippen LogP contribution is -2.25. The molecule has 92 valence electrons. The van der Waals surface area contributed by atoms with Gasteiger partial charge in [0.15, 0.2) is 0 Å². The second kappa shape index (κ2) is 5.47. The number of nitrogens with two attached hydrogens (primary N) is 1. The van der Waals surface area contributed by atoms with Crippen molar-refractivity contribution < 1.29 is 0 Å². The predicted molar refractivity (Wildman–Crippen MR) is 72.3 cm³/mol. The Morgan fingerprint density at radius 2 is 2.18 bits per heavy atom. The Kier molecular flexibility index (Phi) is 3.97. The van der Waals surface area contributed by atoms with Gasteiger partial charge < -0.3 is 5.73 Å². The fourth-order valence-corrected chi connectivity index (χ4v) is 2.51. The first-order valence-corrected chi connectivity index (χ1v) is 6.90. The van der Waals surface area contributed by atoms with E-state index in [1.807, 2.05) is 10.9 Å². The van der Waals surface area contributed by atoms with Crippen LogP contribution in [0.2, 0.25) is 0 Å². The molecule has 0 aliphatic rings. The topological polar surface area (TPSA) is 43.8 Å². The molecule has 3 nitrogen and oxygen atoms in total. The van der Waals surface area contributed by atoms with Gasteiger partial charge in [-0.3, -0.25) is 4.68 Å². The molecular weight excluding hydrogens is 230 g/mol. The number of hydrogen-bond acceptors (Lipinski definition) is 3. The molecule has 0 amide bonds. The second-order valence-electron chi connectivity index (χ2n) is 4.68. The summed E-state index contributed by atoms with van der Waals surface area (Å²) in [6, 6.07) is 4.77. The third-order valence-electron chi connectivity index (χ3n) is 2.74. The highest BCUT2D eigenvalue weighted by Gasteiger charge is 2.09. The van der Waals surface area contributed by atoms with Crippen molar-refractivity contribution >= 4 is 11.3 Å². The highest BCUT2D eigenvalue weighted by Crippen LogP contribution is 2.11. The lowest BCUT2D eigenvalue weighted by Gasteiger charge is -2.09. The molecule has 0 bridgehead atoms. The summed E-state index contributed by atoms with van der Waals surface area (Å²) in [5, 5.41) is 8.77. The van der Waals surface area contributed by atoms with Crippen molar-refractivity contribution in [2.75, 3.05) is 0 Å². The Bertz CT molecular complexity index is 445. The van der Waals surface area contributed by atoms with Gasteiger partial charge in [0.05, 0.1) is 5.69 Å². The lowest BCUT2D eigenvalue weighted by molar-refractivity contribution is 0.521. The summed E-state index contributed by atoms with van der Waals surface area (Å²) in [7, 11) is 0. The monoisotopic (exact) mass is 249 g/mol. The standard InChI is InChI=1S/C13H19N3S/c1-10(2)16-5-3-13(15-16)8-12(14)7-11-4-6-17-9-11/h3-6,9-10,12H,7-8,14H2,1-2H3. The fraction of sp³-hybridized carbons (Fsp3) is 0.462. The van der Waals surface area contributed by atoms with E-state index < -0.39 is 0 Å². The van der Waals surface area contributed by atoms with Crippen molar-refractivity contribution in [3.8, 4) is 0 Å². The van der Waals surface area contributed by atoms with Crippen LogP contribution in [0.25, 0.3) is 0 Å². The van der Waals surface area contributed by atoms with Gasteiger partial charge in [0.2, 0.25) is 0 Å². The van der Waals surface area contributed by atoms with Gasteiger partial charge in [-0.05, 0) is 48.7 Å². The summed E-state index contributed by atoms with van der Waals surface area (Å²) >= 11 is 1.72. The summed E-state index contributed by atoms with van der Waals surface area (Å²) < 4.78 is 1.98. The average molecular weight is 249 g/mol. The van der Waals surface area contributed by atoms with Crippen LogP contribution in [0.1, 0.15) is 31.1 Å². The van der Waals surface area contributed by atoms with Crippen LogP contribution >= 0.6 is 11.3 Å². The maximum Gasteiger partial charge on any atom is 0.0640 e. The van der Waals surface area contributed by atoms with Gasteiger partial charge in [0.25, 0.3) is 0 Å². The Morgan fingerprint density at radius 1 is 1.35 bits per heavy atom. The van der Waals surface area contributed by atoms with Crippen LogP contribution in [0.15, 0.2) is 29.1 Å². The molecule has 0 saturated carbocycles. The molecule has 0 aliphatic heterocycles. The minimum absolute atomic E-state index is 0.153. The quantitative estimate of drug-likeness (QED) is 0.885. The third-order valence-corrected chi connectivity index (χ3v) is 3.47. The molecule has 0 saturated heterocycles. The highest BCUT2D eigenvalue weighted by atomic mass is 32.1. The smallest absolute Gasteiger partial charge is 0.0640 e. The molecule has 1 unspecified atom stereocenters. The predicted octanol–water partition coefficient (Wildman–Crippen LogP) is 2.64. The molecule has 4 heteroatoms. The van der Waals surface area contributed by atoms with Crippen LogP contribution in [0.5, 0.6) is 0 Å². The van der Waals surface area contributed by atoms with E-state index >= 15 is 0 Å². The van der Waals surface area contributed by atoms with Crippen molar-refractivity contribution in [1.29, 1.82) is 0 Å². The number of nitrogens with zero attached hydrogens (tertiary/aromatic N) is 2. The van der Waals surface area contributed by atoms with E-state index in [9.17, 15) is 0 Å². The van der Waals surface area contributed by atoms with E-state index in [1.165, 1.54) is 5.56 Å². The summed E-state index contributed by atoms with van der Waals surface area (Å²) in [4.78, 5) is 0. The molecule has 17 heavy (non-hydrogen) atoms. The van der Waals surface area contributed by atoms with E-state index in [2.05, 4.69) is 41.8 Å². The summed E-state index contributed by atoms with van der Waals surface area (Å²) in [5.41, 5.74) is 8.55. The van der Waals surface area contributed by atoms with Crippen molar-refractivity contribution in [2.45, 2.75) is 38.8 Å². The van der Waals surface area contributed by atoms with Gasteiger partial charge in [0.1, 0.15) is 0 Å². The van der Waals surface area contributed by atoms with Crippen LogP contribution in [-0.4, -0.2) is 15.8 Å². The Balaban J connectivity index is 1.91. The van der Waals surface area contributed by atoms with E-state index in [0.29, 0.717) is 6.04 Å². The minimum Gasteiger partial charge on any atom is -0.327 e. The first-order valence-electron chi connectivity index (χ1n) is 5.96. The molecule has 0 aliphatic carbocycles. The number of hydrogen-bond donors (Lipinski definition) is 1. The number of rotatable bonds is 5. The first kappa shape index (κ1) is 12.3. The maximum atomic E-state index is 6.14. The molecule has 2 aromatic heterocycles. The summed E-state index contributed by atoms with van der Waals surface area (Å²) in [6.45, 7) is 4.25. The normalized spacial score (nSPS) is 13.2. The number of aromatic nitrogens is 2. The van der Waals surface area contributed by atoms with Crippen molar-refractivity contribution in [3.63, 3.8) is 0 Å². The zero-order chi connectivity index (χ0) is 12.3. The largest absolute Gasteiger partial charge is 0.327 e. The van der Waals surface area contributed by atoms with Crippen LogP contribution < -0.4 is 5.73 Å². The zero-order valence-corrected chi connectivity index (χ0v) is 11.2.